The predicted octanol–water partition coefficient (Wildman–Crippen LogP) is 5.56. The molecule has 0 saturated heterocycles. The Morgan fingerprint density at radius 3 is 2.35 bits per heavy atom. The van der Waals surface area contributed by atoms with Crippen molar-refractivity contribution in [2.75, 3.05) is 0 Å². The van der Waals surface area contributed by atoms with E-state index in [0.717, 1.165) is 28.6 Å². The van der Waals surface area contributed by atoms with Crippen molar-refractivity contribution < 1.29 is 9.09 Å². The van der Waals surface area contributed by atoms with Crippen molar-refractivity contribution in [2.24, 2.45) is 5.41 Å². The molecule has 1 heterocycles. The van der Waals surface area contributed by atoms with Crippen LogP contribution in [0.3, 0.4) is 0 Å². The molecule has 0 radical (unpaired) electrons. The van der Waals surface area contributed by atoms with E-state index in [0.29, 0.717) is 0 Å². The Kier molecular flexibility index (Phi) is 3.92. The van der Waals surface area contributed by atoms with Crippen LogP contribution >= 0.6 is 8.03 Å². The van der Waals surface area contributed by atoms with Crippen molar-refractivity contribution in [2.45, 2.75) is 46.5 Å². The summed E-state index contributed by atoms with van der Waals surface area (Å²) in [7, 11) is -2.19. The first kappa shape index (κ1) is 16.3. The quantitative estimate of drug-likeness (QED) is 0.675. The van der Waals surface area contributed by atoms with Gasteiger partial charge in [-0.3, -0.25) is 4.57 Å². The van der Waals surface area contributed by atoms with Gasteiger partial charge in [-0.25, -0.2) is 0 Å². The lowest BCUT2D eigenvalue weighted by atomic mass is 9.72. The molecule has 2 aromatic carbocycles. The van der Waals surface area contributed by atoms with Crippen LogP contribution in [-0.4, -0.2) is 0 Å². The zero-order chi connectivity index (χ0) is 16.8. The van der Waals surface area contributed by atoms with E-state index in [4.69, 9.17) is 4.52 Å². The summed E-state index contributed by atoms with van der Waals surface area (Å²) in [6.45, 7) is 11.4. The molecule has 1 aliphatic heterocycles. The van der Waals surface area contributed by atoms with Gasteiger partial charge >= 0.3 is 0 Å². The Morgan fingerprint density at radius 2 is 1.65 bits per heavy atom. The first-order valence-corrected chi connectivity index (χ1v) is 9.45. The van der Waals surface area contributed by atoms with Gasteiger partial charge < -0.3 is 4.52 Å². The van der Waals surface area contributed by atoms with Crippen LogP contribution in [0.15, 0.2) is 42.5 Å². The van der Waals surface area contributed by atoms with E-state index in [2.05, 4.69) is 46.8 Å². The van der Waals surface area contributed by atoms with Crippen LogP contribution in [-0.2, 0) is 9.98 Å². The summed E-state index contributed by atoms with van der Waals surface area (Å²) in [4.78, 5) is 0. The molecule has 3 heteroatoms. The standard InChI is InChI=1S/C20H25O2P/c1-19(2,3)13-20(4,5)14-10-11-17-16(12-14)15-8-6-7-9-18(15)23(21)22-17/h6-12,23H,13H2,1-5H3. The maximum absolute atomic E-state index is 12.3. The molecule has 0 spiro atoms. The molecule has 1 atom stereocenters. The Hall–Kier alpha value is -1.53. The maximum atomic E-state index is 12.3. The summed E-state index contributed by atoms with van der Waals surface area (Å²) >= 11 is 0. The van der Waals surface area contributed by atoms with Gasteiger partial charge in [0.15, 0.2) is 0 Å². The van der Waals surface area contributed by atoms with Gasteiger partial charge in [0.25, 0.3) is 8.03 Å². The SMILES string of the molecule is CC(C)(C)CC(C)(C)c1ccc2c(c1)-c1ccccc1[PH](=O)O2. The van der Waals surface area contributed by atoms with Gasteiger partial charge in [0.05, 0.1) is 5.30 Å². The van der Waals surface area contributed by atoms with E-state index in [1.54, 1.807) is 0 Å². The summed E-state index contributed by atoms with van der Waals surface area (Å²) in [6, 6.07) is 14.2. The molecule has 1 unspecified atom stereocenters. The molecule has 0 amide bonds. The molecule has 0 aliphatic carbocycles. The van der Waals surface area contributed by atoms with Gasteiger partial charge in [0, 0.05) is 5.56 Å². The Labute approximate surface area is 139 Å². The highest BCUT2D eigenvalue weighted by Gasteiger charge is 2.29. The maximum Gasteiger partial charge on any atom is 0.266 e. The summed E-state index contributed by atoms with van der Waals surface area (Å²) in [5, 5.41) is 0.829. The molecule has 0 aromatic heterocycles. The van der Waals surface area contributed by atoms with Crippen molar-refractivity contribution in [3.63, 3.8) is 0 Å². The Balaban J connectivity index is 2.09. The number of hydrogen-bond donors (Lipinski definition) is 0. The molecular formula is C20H25O2P. The second-order valence-electron chi connectivity index (χ2n) is 8.27. The van der Waals surface area contributed by atoms with Gasteiger partial charge in [-0.1, -0.05) is 58.9 Å². The van der Waals surface area contributed by atoms with Crippen molar-refractivity contribution in [1.82, 2.24) is 0 Å². The number of rotatable bonds is 2. The molecule has 2 aromatic rings. The minimum Gasteiger partial charge on any atom is -0.441 e. The summed E-state index contributed by atoms with van der Waals surface area (Å²) in [5.41, 5.74) is 3.74. The first-order valence-electron chi connectivity index (χ1n) is 8.13. The minimum atomic E-state index is -2.19. The molecule has 3 rings (SSSR count). The fourth-order valence-electron chi connectivity index (χ4n) is 3.73. The minimum absolute atomic E-state index is 0.0743. The van der Waals surface area contributed by atoms with Crippen LogP contribution < -0.4 is 9.83 Å². The molecule has 0 bridgehead atoms. The average Bonchev–Trinajstić information content (AvgIpc) is 2.45. The highest BCUT2D eigenvalue weighted by molar-refractivity contribution is 7.49. The third kappa shape index (κ3) is 3.23. The molecule has 0 N–H and O–H groups in total. The smallest absolute Gasteiger partial charge is 0.266 e. The van der Waals surface area contributed by atoms with E-state index >= 15 is 0 Å². The fourth-order valence-corrected chi connectivity index (χ4v) is 4.89. The third-order valence-electron chi connectivity index (χ3n) is 4.37. The van der Waals surface area contributed by atoms with Crippen LogP contribution in [0.2, 0.25) is 0 Å². The Bertz CT molecular complexity index is 769. The lowest BCUT2D eigenvalue weighted by molar-refractivity contribution is 0.284. The predicted molar refractivity (Wildman–Crippen MR) is 98.2 cm³/mol. The summed E-state index contributed by atoms with van der Waals surface area (Å²) in [6.07, 6.45) is 1.10. The van der Waals surface area contributed by atoms with Crippen molar-refractivity contribution in [1.29, 1.82) is 0 Å². The van der Waals surface area contributed by atoms with E-state index in [1.807, 2.05) is 30.3 Å². The molecule has 23 heavy (non-hydrogen) atoms. The average molecular weight is 328 g/mol. The fraction of sp³-hybridized carbons (Fsp3) is 0.400. The normalized spacial score (nSPS) is 17.2. The molecule has 0 fully saturated rings. The third-order valence-corrected chi connectivity index (χ3v) is 5.65. The lowest BCUT2D eigenvalue weighted by Crippen LogP contribution is -2.25. The van der Waals surface area contributed by atoms with Crippen molar-refractivity contribution in [3.8, 4) is 16.9 Å². The number of fused-ring (bicyclic) bond motifs is 3. The van der Waals surface area contributed by atoms with Gasteiger partial charge in [0.1, 0.15) is 5.75 Å². The van der Waals surface area contributed by atoms with Gasteiger partial charge in [-0.2, -0.15) is 0 Å². The van der Waals surface area contributed by atoms with Crippen LogP contribution in [0.25, 0.3) is 11.1 Å². The van der Waals surface area contributed by atoms with Crippen LogP contribution in [0.1, 0.15) is 46.6 Å². The second-order valence-corrected chi connectivity index (χ2v) is 9.59. The zero-order valence-corrected chi connectivity index (χ0v) is 15.6. The summed E-state index contributed by atoms with van der Waals surface area (Å²) < 4.78 is 18.0. The monoisotopic (exact) mass is 328 g/mol. The number of benzene rings is 2. The van der Waals surface area contributed by atoms with Gasteiger partial charge in [0.2, 0.25) is 0 Å². The van der Waals surface area contributed by atoms with Crippen LogP contribution in [0, 0.1) is 5.41 Å². The van der Waals surface area contributed by atoms with Crippen molar-refractivity contribution in [3.05, 3.63) is 48.0 Å². The van der Waals surface area contributed by atoms with Gasteiger partial charge in [-0.15, -0.1) is 0 Å². The van der Waals surface area contributed by atoms with Gasteiger partial charge in [-0.05, 0) is 46.6 Å². The summed E-state index contributed by atoms with van der Waals surface area (Å²) in [5.74, 6) is 0.739. The van der Waals surface area contributed by atoms with Crippen LogP contribution in [0.4, 0.5) is 0 Å². The van der Waals surface area contributed by atoms with E-state index in [-0.39, 0.29) is 10.8 Å². The Morgan fingerprint density at radius 1 is 0.957 bits per heavy atom. The topological polar surface area (TPSA) is 26.3 Å². The zero-order valence-electron chi connectivity index (χ0n) is 14.6. The lowest BCUT2D eigenvalue weighted by Gasteiger charge is -2.34. The largest absolute Gasteiger partial charge is 0.441 e. The van der Waals surface area contributed by atoms with Crippen LogP contribution in [0.5, 0.6) is 5.75 Å². The highest BCUT2D eigenvalue weighted by atomic mass is 31.1. The van der Waals surface area contributed by atoms with E-state index < -0.39 is 8.03 Å². The van der Waals surface area contributed by atoms with Crippen molar-refractivity contribution >= 4 is 13.3 Å². The molecular weight excluding hydrogens is 303 g/mol. The number of hydrogen-bond acceptors (Lipinski definition) is 2. The molecule has 2 nitrogen and oxygen atoms in total. The second kappa shape index (κ2) is 5.53. The first-order chi connectivity index (χ1) is 10.7. The molecule has 122 valence electrons. The molecule has 1 aliphatic rings. The van der Waals surface area contributed by atoms with E-state index in [1.165, 1.54) is 5.56 Å². The van der Waals surface area contributed by atoms with E-state index in [9.17, 15) is 4.57 Å². The molecule has 0 saturated carbocycles. The highest BCUT2D eigenvalue weighted by Crippen LogP contribution is 2.45.